The molecule has 5 atom stereocenters. The van der Waals surface area contributed by atoms with Gasteiger partial charge < -0.3 is 23.1 Å². The molecule has 660 valence electrons. The van der Waals surface area contributed by atoms with Crippen LogP contribution in [0.25, 0.3) is 0 Å². The number of piperidine rings is 2. The van der Waals surface area contributed by atoms with Crippen molar-refractivity contribution < 1.29 is 39.9 Å². The van der Waals surface area contributed by atoms with Crippen molar-refractivity contribution >= 4 is 28.1 Å². The fourth-order valence-electron chi connectivity index (χ4n) is 25.0. The van der Waals surface area contributed by atoms with Gasteiger partial charge in [0.05, 0.1) is 123 Å². The summed E-state index contributed by atoms with van der Waals surface area (Å²) in [5, 5.41) is 1.49. The normalized spacial score (nSPS) is 26.1. The maximum absolute atomic E-state index is 5.54. The van der Waals surface area contributed by atoms with Crippen molar-refractivity contribution in [2.75, 3.05) is 51.3 Å². The number of fused-ring (bicyclic) bond motifs is 9. The SMILES string of the molecule is CC(C)C12CCC[N+]1(C(C)C)CCC2.CC(C)C1CC2CCCC(C1)[N+]2(C)C(C)C.CC(C)C1CC[N+]2(C(C)C)CCCC12.CC(C)N1CCc2c[n+](C(C)C)sc21.CC(C)c1c2c(n(C(C)C)[n+]1C)CCC2.CC(C)c1c[n+](C(C)C)c2n1CCC2.CC(C)c1c[n+](C(C)C)c2n1CCOC2.CC(C)c1s[n+](C(C)C)c2c1CCC2. The summed E-state index contributed by atoms with van der Waals surface area (Å²) in [5.74, 6) is 10.1. The number of anilines is 1. The number of nitrogens with zero attached hydrogens (tertiary/aromatic N) is 12. The summed E-state index contributed by atoms with van der Waals surface area (Å²) in [5.41, 5.74) is 13.2. The molecule has 2 aliphatic carbocycles. The minimum Gasteiger partial charge on any atom is -0.365 e. The van der Waals surface area contributed by atoms with Crippen molar-refractivity contribution in [2.45, 2.75) is 478 Å². The molecule has 116 heavy (non-hydrogen) atoms. The minimum absolute atomic E-state index is 0.514. The van der Waals surface area contributed by atoms with Gasteiger partial charge in [-0.3, -0.25) is 0 Å². The van der Waals surface area contributed by atoms with E-state index in [1.807, 2.05) is 23.1 Å². The predicted octanol–water partition coefficient (Wildman–Crippen LogP) is 22.6. The first-order valence-electron chi connectivity index (χ1n) is 49.0. The first-order valence-corrected chi connectivity index (χ1v) is 50.5. The molecule has 0 saturated carbocycles. The van der Waals surface area contributed by atoms with Crippen molar-refractivity contribution in [3.05, 3.63) is 80.3 Å². The average Bonchev–Trinajstić information content (AvgIpc) is 1.56. The second-order valence-corrected chi connectivity index (χ2v) is 45.5. The molecule has 0 spiro atoms. The third-order valence-electron chi connectivity index (χ3n) is 31.5. The Balaban J connectivity index is 0.000000152. The number of rotatable bonds is 16. The lowest BCUT2D eigenvalue weighted by Gasteiger charge is -2.58. The molecule has 5 aromatic rings. The maximum Gasteiger partial charge on any atom is 0.283 e. The third kappa shape index (κ3) is 20.1. The van der Waals surface area contributed by atoms with E-state index in [-0.39, 0.29) is 0 Å². The van der Waals surface area contributed by atoms with Gasteiger partial charge >= 0.3 is 0 Å². The van der Waals surface area contributed by atoms with Crippen LogP contribution < -0.4 is 26.6 Å². The third-order valence-corrected chi connectivity index (χ3v) is 34.6. The average molecular weight is 1650 g/mol. The number of ether oxygens (including phenoxy) is 1. The molecule has 11 aliphatic rings. The molecule has 9 aliphatic heterocycles. The van der Waals surface area contributed by atoms with Crippen LogP contribution in [-0.4, -0.2) is 121 Å². The number of hydrogen-bond acceptors (Lipinski definition) is 4. The molecule has 15 heteroatoms. The summed E-state index contributed by atoms with van der Waals surface area (Å²) in [7, 11) is 4.75. The first-order chi connectivity index (χ1) is 54.5. The molecule has 5 aromatic heterocycles. The van der Waals surface area contributed by atoms with Gasteiger partial charge in [0.1, 0.15) is 54.0 Å². The Morgan fingerprint density at radius 1 is 0.491 bits per heavy atom. The van der Waals surface area contributed by atoms with E-state index < -0.39 is 0 Å². The van der Waals surface area contributed by atoms with Crippen LogP contribution in [0.4, 0.5) is 5.00 Å². The van der Waals surface area contributed by atoms with Crippen LogP contribution in [0.2, 0.25) is 0 Å². The van der Waals surface area contributed by atoms with E-state index in [9.17, 15) is 0 Å². The topological polar surface area (TPSA) is 46.7 Å². The molecule has 13 nitrogen and oxygen atoms in total. The Bertz CT molecular complexity index is 3630. The molecule has 6 fully saturated rings. The molecule has 5 unspecified atom stereocenters. The maximum atomic E-state index is 5.54. The molecular weight excluding hydrogens is 1460 g/mol. The van der Waals surface area contributed by atoms with Gasteiger partial charge in [0, 0.05) is 118 Å². The number of hydrogen-bond donors (Lipinski definition) is 0. The smallest absolute Gasteiger partial charge is 0.283 e. The molecule has 0 aromatic carbocycles. The van der Waals surface area contributed by atoms with E-state index in [0.717, 1.165) is 85.6 Å². The molecule has 6 saturated heterocycles. The van der Waals surface area contributed by atoms with Crippen LogP contribution in [-0.2, 0) is 70.0 Å². The molecule has 0 N–H and O–H groups in total. The standard InChI is InChI=1S/C15H30N.C13H23N2.2C13H26N.C12H21N2O.C12H21N2.C12H20NS.C11H19N2S/c1-11(2)13-9-14-7-6-8-15(10-13)16(14,5)12(3)4;1-9(2)13-11-7-6-8-12(11)15(10(3)4)14(13)5;1-11(2)13-7-5-9-14(13,12(3)4)10-6-8-13;1-10(2)12-7-9-14(11(3)4)8-5-6-13(12)14;1-9(2)11-7-14(10(3)4)12-8-15-6-5-13(11)12;1-9(2)11-8-14(10(3)4)12-6-5-7-13(11)12;1-8(2)12-10-6-5-7-11(10)13(14-12)9(3)4;1-8(2)12-6-5-10-7-13(9(3)4)14-11(10)12/h11-15H,6-10H2,1-5H3;9-10H,6-8H2,1-5H3;11-12H,5-10H2,1-4H3;10-13H,5-9H2,1-4H3;7,9-10H,5-6,8H2,1-4H3;8-10H,5-7H2,1-4H3;8-9H,5-7H2,1-4H3;7-9H,5-6H2,1-4H3/q8*+1. The first kappa shape index (κ1) is 96.4. The summed E-state index contributed by atoms with van der Waals surface area (Å²) in [6, 6.07) is 8.98. The number of imidazole rings is 2. The highest BCUT2D eigenvalue weighted by Crippen LogP contribution is 2.53. The Morgan fingerprint density at radius 3 is 1.57 bits per heavy atom. The predicted molar refractivity (Wildman–Crippen MR) is 493 cm³/mol. The highest BCUT2D eigenvalue weighted by atomic mass is 32.1. The van der Waals surface area contributed by atoms with Gasteiger partial charge in [-0.05, 0) is 213 Å². The number of quaternary nitrogens is 3. The van der Waals surface area contributed by atoms with Crippen LogP contribution in [0.15, 0.2) is 18.6 Å². The fraction of sp³-hybridized carbons (Fsp3) is 0.851. The fourth-order valence-corrected chi connectivity index (χ4v) is 27.6. The largest absolute Gasteiger partial charge is 0.365 e. The Kier molecular flexibility index (Phi) is 34.0. The van der Waals surface area contributed by atoms with Crippen molar-refractivity contribution in [1.82, 2.24) is 13.8 Å². The summed E-state index contributed by atoms with van der Waals surface area (Å²) in [6.45, 7) is 85.5. The van der Waals surface area contributed by atoms with Gasteiger partial charge in [0.15, 0.2) is 47.6 Å². The Hall–Kier alpha value is -3.47. The van der Waals surface area contributed by atoms with Crippen molar-refractivity contribution in [3.63, 3.8) is 0 Å². The van der Waals surface area contributed by atoms with Crippen LogP contribution in [0.3, 0.4) is 0 Å². The minimum atomic E-state index is 0.514. The molecule has 14 heterocycles. The second-order valence-electron chi connectivity index (χ2n) is 43.5. The van der Waals surface area contributed by atoms with Gasteiger partial charge in [0.2, 0.25) is 5.69 Å². The summed E-state index contributed by atoms with van der Waals surface area (Å²) in [6.07, 6.45) is 36.5. The lowest BCUT2D eigenvalue weighted by Crippen LogP contribution is -2.67. The van der Waals surface area contributed by atoms with E-state index in [2.05, 4.69) is 295 Å². The molecule has 16 rings (SSSR count). The van der Waals surface area contributed by atoms with E-state index in [0.29, 0.717) is 65.5 Å². The van der Waals surface area contributed by atoms with Crippen LogP contribution >= 0.6 is 23.1 Å². The van der Waals surface area contributed by atoms with Crippen molar-refractivity contribution in [1.29, 1.82) is 0 Å². The van der Waals surface area contributed by atoms with Crippen molar-refractivity contribution in [3.8, 4) is 0 Å². The molecule has 0 radical (unpaired) electrons. The lowest BCUT2D eigenvalue weighted by atomic mass is 9.72. The van der Waals surface area contributed by atoms with Gasteiger partial charge in [-0.25, -0.2) is 18.3 Å². The Labute approximate surface area is 723 Å². The summed E-state index contributed by atoms with van der Waals surface area (Å²) in [4.78, 5) is 4.14. The van der Waals surface area contributed by atoms with Crippen LogP contribution in [0.1, 0.15) is 433 Å². The molecule has 0 amide bonds. The van der Waals surface area contributed by atoms with E-state index in [1.165, 1.54) is 221 Å². The highest BCUT2D eigenvalue weighted by molar-refractivity contribution is 7.06. The second kappa shape index (κ2) is 40.9. The van der Waals surface area contributed by atoms with Gasteiger partial charge in [-0.15, -0.1) is 12.6 Å². The lowest BCUT2D eigenvalue weighted by molar-refractivity contribution is -0.986. The molecular formula is C101H186N12OS2+8. The zero-order valence-corrected chi connectivity index (χ0v) is 83.8. The highest BCUT2D eigenvalue weighted by Gasteiger charge is 2.61. The summed E-state index contributed by atoms with van der Waals surface area (Å²) < 4.78 is 29.3. The summed E-state index contributed by atoms with van der Waals surface area (Å²) >= 11 is 3.90. The van der Waals surface area contributed by atoms with E-state index in [4.69, 9.17) is 4.74 Å². The van der Waals surface area contributed by atoms with E-state index in [1.54, 1.807) is 33.1 Å². The van der Waals surface area contributed by atoms with Gasteiger partial charge in [-0.2, -0.15) is 4.68 Å². The van der Waals surface area contributed by atoms with Crippen LogP contribution in [0.5, 0.6) is 0 Å². The Morgan fingerprint density at radius 2 is 1.08 bits per heavy atom. The van der Waals surface area contributed by atoms with Crippen LogP contribution in [0, 0.1) is 29.6 Å². The zero-order valence-electron chi connectivity index (χ0n) is 82.2. The van der Waals surface area contributed by atoms with Gasteiger partial charge in [-0.1, -0.05) is 96.9 Å². The monoisotopic (exact) mass is 1650 g/mol. The zero-order chi connectivity index (χ0) is 85.7. The van der Waals surface area contributed by atoms with Crippen molar-refractivity contribution in [2.24, 2.45) is 36.6 Å². The number of aromatic nitrogens is 8. The quantitative estimate of drug-likeness (QED) is 0.0730. The molecule has 2 bridgehead atoms. The van der Waals surface area contributed by atoms with Gasteiger partial charge in [0.25, 0.3) is 11.6 Å². The van der Waals surface area contributed by atoms with E-state index >= 15 is 0 Å².